The number of rotatable bonds is 7. The van der Waals surface area contributed by atoms with Crippen LogP contribution in [0.2, 0.25) is 5.02 Å². The molecule has 1 fully saturated rings. The maximum absolute atomic E-state index is 13.0. The van der Waals surface area contributed by atoms with Gasteiger partial charge >= 0.3 is 0 Å². The molecule has 1 aliphatic heterocycles. The number of aliphatic hydroxyl groups is 1. The lowest BCUT2D eigenvalue weighted by atomic mass is 10.0. The van der Waals surface area contributed by atoms with Gasteiger partial charge in [0, 0.05) is 42.3 Å². The molecule has 3 N–H and O–H groups in total. The van der Waals surface area contributed by atoms with Crippen LogP contribution in [0.25, 0.3) is 10.9 Å². The highest BCUT2D eigenvalue weighted by Gasteiger charge is 2.22. The van der Waals surface area contributed by atoms with E-state index in [-0.39, 0.29) is 11.9 Å². The van der Waals surface area contributed by atoms with Crippen molar-refractivity contribution in [1.29, 1.82) is 0 Å². The SMILES string of the molecule is C[C@H](Cc1c[nH]c2c(C(=O)N3CCOCC3)cccc12)NC[C@H](O)c1cccc(Cl)c1. The summed E-state index contributed by atoms with van der Waals surface area (Å²) in [5.74, 6) is 0.0399. The van der Waals surface area contributed by atoms with Gasteiger partial charge in [-0.2, -0.15) is 0 Å². The summed E-state index contributed by atoms with van der Waals surface area (Å²) in [6, 6.07) is 13.3. The monoisotopic (exact) mass is 441 g/mol. The normalized spacial score (nSPS) is 16.4. The third kappa shape index (κ3) is 5.10. The third-order valence-corrected chi connectivity index (χ3v) is 5.98. The van der Waals surface area contributed by atoms with Gasteiger partial charge in [-0.3, -0.25) is 4.79 Å². The summed E-state index contributed by atoms with van der Waals surface area (Å²) in [4.78, 5) is 18.1. The van der Waals surface area contributed by atoms with Gasteiger partial charge in [-0.25, -0.2) is 0 Å². The van der Waals surface area contributed by atoms with Crippen molar-refractivity contribution in [1.82, 2.24) is 15.2 Å². The van der Waals surface area contributed by atoms with Crippen molar-refractivity contribution in [2.24, 2.45) is 0 Å². The number of amides is 1. The molecule has 7 heteroatoms. The van der Waals surface area contributed by atoms with Crippen LogP contribution in [0.5, 0.6) is 0 Å². The minimum absolute atomic E-state index is 0.0399. The van der Waals surface area contributed by atoms with E-state index in [2.05, 4.69) is 17.2 Å². The van der Waals surface area contributed by atoms with Crippen molar-refractivity contribution in [3.8, 4) is 0 Å². The van der Waals surface area contributed by atoms with Crippen LogP contribution in [0.3, 0.4) is 0 Å². The van der Waals surface area contributed by atoms with Gasteiger partial charge in [0.2, 0.25) is 0 Å². The number of carbonyl (C=O) groups is 1. The number of aliphatic hydroxyl groups excluding tert-OH is 1. The molecule has 1 aromatic heterocycles. The van der Waals surface area contributed by atoms with Gasteiger partial charge in [-0.05, 0) is 42.7 Å². The Morgan fingerprint density at radius 3 is 2.81 bits per heavy atom. The Balaban J connectivity index is 1.42. The van der Waals surface area contributed by atoms with E-state index in [1.807, 2.05) is 41.4 Å². The van der Waals surface area contributed by atoms with Gasteiger partial charge in [-0.15, -0.1) is 0 Å². The summed E-state index contributed by atoms with van der Waals surface area (Å²) in [7, 11) is 0. The topological polar surface area (TPSA) is 77.6 Å². The molecule has 2 atom stereocenters. The molecule has 0 bridgehead atoms. The summed E-state index contributed by atoms with van der Waals surface area (Å²) in [5.41, 5.74) is 3.51. The Bertz CT molecular complexity index is 1050. The molecular formula is C24H28ClN3O3. The van der Waals surface area contributed by atoms with Crippen LogP contribution in [0.1, 0.15) is 34.5 Å². The second-order valence-corrected chi connectivity index (χ2v) is 8.47. The van der Waals surface area contributed by atoms with Gasteiger partial charge < -0.3 is 25.0 Å². The van der Waals surface area contributed by atoms with Crippen molar-refractivity contribution >= 4 is 28.4 Å². The number of morpholine rings is 1. The van der Waals surface area contributed by atoms with E-state index in [0.717, 1.165) is 28.5 Å². The molecule has 1 amide bonds. The fourth-order valence-electron chi connectivity index (χ4n) is 4.04. The summed E-state index contributed by atoms with van der Waals surface area (Å²) in [6.45, 7) is 4.94. The highest BCUT2D eigenvalue weighted by molar-refractivity contribution is 6.30. The molecule has 6 nitrogen and oxygen atoms in total. The largest absolute Gasteiger partial charge is 0.387 e. The number of hydrogen-bond acceptors (Lipinski definition) is 4. The first-order valence-corrected chi connectivity index (χ1v) is 11.0. The zero-order valence-corrected chi connectivity index (χ0v) is 18.4. The van der Waals surface area contributed by atoms with Crippen LogP contribution >= 0.6 is 11.6 Å². The zero-order chi connectivity index (χ0) is 21.8. The lowest BCUT2D eigenvalue weighted by Crippen LogP contribution is -2.40. The van der Waals surface area contributed by atoms with Gasteiger partial charge in [0.1, 0.15) is 0 Å². The molecule has 0 radical (unpaired) electrons. The maximum atomic E-state index is 13.0. The fraction of sp³-hybridized carbons (Fsp3) is 0.375. The van der Waals surface area contributed by atoms with Gasteiger partial charge in [0.05, 0.1) is 30.4 Å². The first-order valence-electron chi connectivity index (χ1n) is 10.7. The Kier molecular flexibility index (Phi) is 6.92. The number of halogens is 1. The first-order chi connectivity index (χ1) is 15.0. The average Bonchev–Trinajstić information content (AvgIpc) is 3.20. The molecule has 1 aliphatic rings. The Hall–Kier alpha value is -2.38. The molecule has 0 unspecified atom stereocenters. The molecule has 0 saturated carbocycles. The van der Waals surface area contributed by atoms with E-state index in [1.54, 1.807) is 12.1 Å². The number of benzene rings is 2. The highest BCUT2D eigenvalue weighted by Crippen LogP contribution is 2.24. The van der Waals surface area contributed by atoms with Crippen molar-refractivity contribution in [3.05, 3.63) is 70.4 Å². The second-order valence-electron chi connectivity index (χ2n) is 8.03. The molecule has 0 spiro atoms. The highest BCUT2D eigenvalue weighted by atomic mass is 35.5. The molecular weight excluding hydrogens is 414 g/mol. The number of carbonyl (C=O) groups excluding carboxylic acids is 1. The van der Waals surface area contributed by atoms with E-state index >= 15 is 0 Å². The molecule has 164 valence electrons. The Labute approximate surface area is 187 Å². The molecule has 1 saturated heterocycles. The van der Waals surface area contributed by atoms with Crippen molar-refractivity contribution in [3.63, 3.8) is 0 Å². The molecule has 31 heavy (non-hydrogen) atoms. The number of ether oxygens (including phenoxy) is 1. The number of nitrogens with one attached hydrogen (secondary N) is 2. The van der Waals surface area contributed by atoms with Crippen molar-refractivity contribution in [2.45, 2.75) is 25.5 Å². The number of aromatic nitrogens is 1. The van der Waals surface area contributed by atoms with E-state index < -0.39 is 6.10 Å². The lowest BCUT2D eigenvalue weighted by Gasteiger charge is -2.27. The van der Waals surface area contributed by atoms with Gasteiger partial charge in [0.25, 0.3) is 5.91 Å². The number of para-hydroxylation sites is 1. The predicted octanol–water partition coefficient (Wildman–Crippen LogP) is 3.55. The van der Waals surface area contributed by atoms with Crippen LogP contribution in [-0.4, -0.2) is 59.8 Å². The van der Waals surface area contributed by atoms with Gasteiger partial charge in [0.15, 0.2) is 0 Å². The molecule has 4 rings (SSSR count). The average molecular weight is 442 g/mol. The third-order valence-electron chi connectivity index (χ3n) is 5.75. The standard InChI is InChI=1S/C24H28ClN3O3/c1-16(26-15-22(29)17-4-2-5-19(25)13-17)12-18-14-27-23-20(18)6-3-7-21(23)24(30)28-8-10-31-11-9-28/h2-7,13-14,16,22,26-27,29H,8-12,15H2,1H3/t16-,22+/m1/s1. The van der Waals surface area contributed by atoms with Crippen LogP contribution in [0.15, 0.2) is 48.7 Å². The Morgan fingerprint density at radius 1 is 1.26 bits per heavy atom. The van der Waals surface area contributed by atoms with E-state index in [0.29, 0.717) is 43.4 Å². The molecule has 2 heterocycles. The minimum atomic E-state index is -0.623. The number of nitrogens with zero attached hydrogens (tertiary/aromatic N) is 1. The van der Waals surface area contributed by atoms with E-state index in [1.165, 1.54) is 0 Å². The summed E-state index contributed by atoms with van der Waals surface area (Å²) in [5, 5.41) is 15.5. The van der Waals surface area contributed by atoms with Crippen LogP contribution in [0, 0.1) is 0 Å². The molecule has 0 aliphatic carbocycles. The smallest absolute Gasteiger partial charge is 0.256 e. The quantitative estimate of drug-likeness (QED) is 0.524. The second kappa shape index (κ2) is 9.83. The van der Waals surface area contributed by atoms with E-state index in [4.69, 9.17) is 16.3 Å². The maximum Gasteiger partial charge on any atom is 0.256 e. The van der Waals surface area contributed by atoms with Crippen molar-refractivity contribution < 1.29 is 14.6 Å². The summed E-state index contributed by atoms with van der Waals surface area (Å²) in [6.07, 6.45) is 2.13. The van der Waals surface area contributed by atoms with E-state index in [9.17, 15) is 9.90 Å². The lowest BCUT2D eigenvalue weighted by molar-refractivity contribution is 0.0304. The zero-order valence-electron chi connectivity index (χ0n) is 17.6. The van der Waals surface area contributed by atoms with Crippen LogP contribution in [-0.2, 0) is 11.2 Å². The van der Waals surface area contributed by atoms with Crippen molar-refractivity contribution in [2.75, 3.05) is 32.8 Å². The first kappa shape index (κ1) is 21.8. The predicted molar refractivity (Wildman–Crippen MR) is 123 cm³/mol. The summed E-state index contributed by atoms with van der Waals surface area (Å²) >= 11 is 6.02. The number of aromatic amines is 1. The number of fused-ring (bicyclic) bond motifs is 1. The Morgan fingerprint density at radius 2 is 2.03 bits per heavy atom. The molecule has 2 aromatic carbocycles. The van der Waals surface area contributed by atoms with Gasteiger partial charge in [-0.1, -0.05) is 35.9 Å². The minimum Gasteiger partial charge on any atom is -0.387 e. The fourth-order valence-corrected chi connectivity index (χ4v) is 4.24. The van der Waals surface area contributed by atoms with Crippen LogP contribution in [0.4, 0.5) is 0 Å². The summed E-state index contributed by atoms with van der Waals surface area (Å²) < 4.78 is 5.36. The molecule has 3 aromatic rings. The number of H-pyrrole nitrogens is 1. The number of hydrogen-bond donors (Lipinski definition) is 3. The van der Waals surface area contributed by atoms with Crippen LogP contribution < -0.4 is 5.32 Å².